The predicted molar refractivity (Wildman–Crippen MR) is 88.4 cm³/mol. The number of anilines is 1. The normalized spacial score (nSPS) is 19.7. The van der Waals surface area contributed by atoms with E-state index < -0.39 is 0 Å². The van der Waals surface area contributed by atoms with E-state index >= 15 is 0 Å². The lowest BCUT2D eigenvalue weighted by atomic mass is 9.79. The van der Waals surface area contributed by atoms with Gasteiger partial charge in [-0.15, -0.1) is 0 Å². The average molecular weight is 301 g/mol. The van der Waals surface area contributed by atoms with Gasteiger partial charge in [0.05, 0.1) is 12.0 Å². The Labute approximate surface area is 134 Å². The van der Waals surface area contributed by atoms with Gasteiger partial charge in [0.15, 0.2) is 5.78 Å². The number of nitrogens with zero attached hydrogens (tertiary/aromatic N) is 2. The van der Waals surface area contributed by atoms with E-state index in [1.807, 2.05) is 48.5 Å². The number of para-hydroxylation sites is 1. The zero-order valence-electron chi connectivity index (χ0n) is 12.4. The van der Waals surface area contributed by atoms with Crippen molar-refractivity contribution in [2.24, 2.45) is 0 Å². The number of ketones is 1. The van der Waals surface area contributed by atoms with Crippen LogP contribution in [0.1, 0.15) is 33.4 Å². The predicted octanol–water partition coefficient (Wildman–Crippen LogP) is 3.61. The van der Waals surface area contributed by atoms with Gasteiger partial charge in [0, 0.05) is 36.0 Å². The molecule has 0 saturated carbocycles. The molecule has 4 nitrogen and oxygen atoms in total. The Morgan fingerprint density at radius 2 is 1.39 bits per heavy atom. The third-order valence-electron chi connectivity index (χ3n) is 4.25. The summed E-state index contributed by atoms with van der Waals surface area (Å²) < 4.78 is 0. The van der Waals surface area contributed by atoms with Crippen molar-refractivity contribution in [1.82, 2.24) is 9.97 Å². The fourth-order valence-electron chi connectivity index (χ4n) is 3.15. The molecule has 0 radical (unpaired) electrons. The van der Waals surface area contributed by atoms with Crippen molar-refractivity contribution >= 4 is 11.5 Å². The Balaban J connectivity index is 1.87. The van der Waals surface area contributed by atoms with E-state index in [2.05, 4.69) is 15.3 Å². The number of fused-ring (bicyclic) bond motifs is 1. The third-order valence-corrected chi connectivity index (χ3v) is 4.25. The van der Waals surface area contributed by atoms with Crippen LogP contribution in [-0.2, 0) is 0 Å². The second kappa shape index (κ2) is 5.65. The minimum atomic E-state index is -0.282. The lowest BCUT2D eigenvalue weighted by Crippen LogP contribution is -2.31. The van der Waals surface area contributed by atoms with E-state index in [4.69, 9.17) is 0 Å². The molecule has 0 spiro atoms. The first-order valence-corrected chi connectivity index (χ1v) is 7.54. The Morgan fingerprint density at radius 3 is 2.09 bits per heavy atom. The highest BCUT2D eigenvalue weighted by atomic mass is 16.1. The molecule has 23 heavy (non-hydrogen) atoms. The summed E-state index contributed by atoms with van der Waals surface area (Å²) >= 11 is 0. The summed E-state index contributed by atoms with van der Waals surface area (Å²) in [6.07, 6.45) is 6.97. The van der Waals surface area contributed by atoms with Gasteiger partial charge in [-0.2, -0.15) is 0 Å². The molecule has 1 aliphatic rings. The second-order valence-corrected chi connectivity index (χ2v) is 5.57. The molecular formula is C19H15N3O. The average Bonchev–Trinajstić information content (AvgIpc) is 2.63. The van der Waals surface area contributed by atoms with Gasteiger partial charge >= 0.3 is 0 Å². The molecule has 1 aliphatic heterocycles. The van der Waals surface area contributed by atoms with Crippen molar-refractivity contribution in [1.29, 1.82) is 0 Å². The maximum atomic E-state index is 13.1. The van der Waals surface area contributed by atoms with Crippen molar-refractivity contribution < 1.29 is 4.79 Å². The standard InChI is InChI=1S/C19H15N3O/c23-19-15-3-1-2-4-16(15)22-18(14-7-11-21-12-8-14)17(19)13-5-9-20-10-6-13/h1-12,17-18,22H. The van der Waals surface area contributed by atoms with E-state index in [0.29, 0.717) is 0 Å². The summed E-state index contributed by atoms with van der Waals surface area (Å²) in [7, 11) is 0. The molecule has 0 saturated heterocycles. The maximum Gasteiger partial charge on any atom is 0.174 e. The number of aromatic nitrogens is 2. The Bertz CT molecular complexity index is 834. The molecular weight excluding hydrogens is 286 g/mol. The molecule has 0 aliphatic carbocycles. The van der Waals surface area contributed by atoms with Gasteiger partial charge in [0.1, 0.15) is 0 Å². The number of benzene rings is 1. The molecule has 2 atom stereocenters. The zero-order chi connectivity index (χ0) is 15.6. The Morgan fingerprint density at radius 1 is 0.783 bits per heavy atom. The van der Waals surface area contributed by atoms with Crippen LogP contribution in [-0.4, -0.2) is 15.8 Å². The number of pyridine rings is 2. The summed E-state index contributed by atoms with van der Waals surface area (Å²) in [5.41, 5.74) is 3.63. The highest BCUT2D eigenvalue weighted by molar-refractivity contribution is 6.07. The summed E-state index contributed by atoms with van der Waals surface area (Å²) in [5.74, 6) is -0.150. The molecule has 2 unspecified atom stereocenters. The Kier molecular flexibility index (Phi) is 3.35. The van der Waals surface area contributed by atoms with Crippen LogP contribution in [0.4, 0.5) is 5.69 Å². The van der Waals surface area contributed by atoms with Crippen molar-refractivity contribution in [2.75, 3.05) is 5.32 Å². The number of carbonyl (C=O) groups is 1. The lowest BCUT2D eigenvalue weighted by molar-refractivity contribution is 0.0945. The first-order valence-electron chi connectivity index (χ1n) is 7.54. The van der Waals surface area contributed by atoms with E-state index in [9.17, 15) is 4.79 Å². The van der Waals surface area contributed by atoms with Crippen LogP contribution in [0.3, 0.4) is 0 Å². The van der Waals surface area contributed by atoms with Crippen molar-refractivity contribution in [3.63, 3.8) is 0 Å². The van der Waals surface area contributed by atoms with Gasteiger partial charge in [-0.05, 0) is 47.5 Å². The quantitative estimate of drug-likeness (QED) is 0.785. The summed E-state index contributed by atoms with van der Waals surface area (Å²) in [6.45, 7) is 0. The highest BCUT2D eigenvalue weighted by Crippen LogP contribution is 2.41. The monoisotopic (exact) mass is 301 g/mol. The first kappa shape index (κ1) is 13.6. The van der Waals surface area contributed by atoms with Crippen LogP contribution in [0.15, 0.2) is 73.3 Å². The van der Waals surface area contributed by atoms with E-state index in [1.165, 1.54) is 0 Å². The van der Waals surface area contributed by atoms with Gasteiger partial charge in [-0.25, -0.2) is 0 Å². The molecule has 0 bridgehead atoms. The lowest BCUT2D eigenvalue weighted by Gasteiger charge is -2.34. The van der Waals surface area contributed by atoms with Gasteiger partial charge < -0.3 is 5.32 Å². The molecule has 1 N–H and O–H groups in total. The SMILES string of the molecule is O=C1c2ccccc2NC(c2ccncc2)C1c1ccncc1. The minimum absolute atomic E-state index is 0.122. The molecule has 3 aromatic rings. The van der Waals surface area contributed by atoms with Crippen LogP contribution in [0.25, 0.3) is 0 Å². The van der Waals surface area contributed by atoms with Gasteiger partial charge in [-0.3, -0.25) is 14.8 Å². The van der Waals surface area contributed by atoms with Crippen LogP contribution in [0.5, 0.6) is 0 Å². The number of rotatable bonds is 2. The van der Waals surface area contributed by atoms with Crippen LogP contribution in [0, 0.1) is 0 Å². The second-order valence-electron chi connectivity index (χ2n) is 5.57. The minimum Gasteiger partial charge on any atom is -0.377 e. The zero-order valence-corrected chi connectivity index (χ0v) is 12.4. The fourth-order valence-corrected chi connectivity index (χ4v) is 3.15. The van der Waals surface area contributed by atoms with E-state index in [0.717, 1.165) is 22.4 Å². The van der Waals surface area contributed by atoms with Gasteiger partial charge in [-0.1, -0.05) is 12.1 Å². The van der Waals surface area contributed by atoms with E-state index in [1.54, 1.807) is 24.8 Å². The van der Waals surface area contributed by atoms with E-state index in [-0.39, 0.29) is 17.7 Å². The number of Topliss-reactive ketones (excluding diaryl/α,β-unsaturated/α-hetero) is 1. The summed E-state index contributed by atoms with van der Waals surface area (Å²) in [6, 6.07) is 15.3. The van der Waals surface area contributed by atoms with Crippen LogP contribution < -0.4 is 5.32 Å². The molecule has 1 aromatic carbocycles. The maximum absolute atomic E-state index is 13.1. The highest BCUT2D eigenvalue weighted by Gasteiger charge is 2.37. The molecule has 112 valence electrons. The summed E-state index contributed by atoms with van der Waals surface area (Å²) in [4.78, 5) is 21.3. The molecule has 0 fully saturated rings. The molecule has 0 amide bonds. The fraction of sp³-hybridized carbons (Fsp3) is 0.105. The molecule has 4 rings (SSSR count). The molecule has 3 heterocycles. The van der Waals surface area contributed by atoms with Crippen LogP contribution in [0.2, 0.25) is 0 Å². The number of hydrogen-bond donors (Lipinski definition) is 1. The van der Waals surface area contributed by atoms with Gasteiger partial charge in [0.25, 0.3) is 0 Å². The van der Waals surface area contributed by atoms with Crippen molar-refractivity contribution in [3.05, 3.63) is 90.0 Å². The number of nitrogens with one attached hydrogen (secondary N) is 1. The first-order chi connectivity index (χ1) is 11.3. The smallest absolute Gasteiger partial charge is 0.174 e. The molecule has 4 heteroatoms. The number of carbonyl (C=O) groups excluding carboxylic acids is 1. The summed E-state index contributed by atoms with van der Waals surface area (Å²) in [5, 5.41) is 3.52. The number of hydrogen-bond acceptors (Lipinski definition) is 4. The third kappa shape index (κ3) is 2.38. The largest absolute Gasteiger partial charge is 0.377 e. The van der Waals surface area contributed by atoms with Crippen LogP contribution >= 0.6 is 0 Å². The molecule has 2 aromatic heterocycles. The topological polar surface area (TPSA) is 54.9 Å². The van der Waals surface area contributed by atoms with Crippen molar-refractivity contribution in [2.45, 2.75) is 12.0 Å². The Hall–Kier alpha value is -3.01. The van der Waals surface area contributed by atoms with Crippen molar-refractivity contribution in [3.8, 4) is 0 Å². The van der Waals surface area contributed by atoms with Gasteiger partial charge in [0.2, 0.25) is 0 Å².